The number of aromatic hydroxyl groups is 1. The zero-order chi connectivity index (χ0) is 48.1. The Morgan fingerprint density at radius 1 is 0.682 bits per heavy atom. The number of aliphatic carboxylic acids is 1. The zero-order valence-corrected chi connectivity index (χ0v) is 37.9. The third-order valence-electron chi connectivity index (χ3n) is 12.7. The summed E-state index contributed by atoms with van der Waals surface area (Å²) in [6.45, 7) is -0.0700. The highest BCUT2D eigenvalue weighted by atomic mass is 32.1. The van der Waals surface area contributed by atoms with Gasteiger partial charge in [0, 0.05) is 38.4 Å². The molecule has 0 aliphatic carbocycles. The van der Waals surface area contributed by atoms with Gasteiger partial charge in [-0.1, -0.05) is 18.6 Å². The normalized spacial score (nSPS) is 22.3. The van der Waals surface area contributed by atoms with Gasteiger partial charge in [-0.3, -0.25) is 38.4 Å². The van der Waals surface area contributed by atoms with Gasteiger partial charge in [0.2, 0.25) is 47.3 Å². The molecule has 364 valence electrons. The number of aliphatic hydroxyl groups excluding tert-OH is 1. The first-order valence-electron chi connectivity index (χ1n) is 22.7. The number of aliphatic hydroxyl groups is 1. The molecule has 8 atom stereocenters. The number of benzene rings is 1. The topological polar surface area (TPSA) is 327 Å². The van der Waals surface area contributed by atoms with E-state index in [1.807, 2.05) is 0 Å². The lowest BCUT2D eigenvalue weighted by Gasteiger charge is -2.34. The number of nitrogens with zero attached hydrogens (tertiary/aromatic N) is 4. The Bertz CT molecular complexity index is 1940. The Morgan fingerprint density at radius 2 is 1.23 bits per heavy atom. The number of carbonyl (C=O) groups excluding carboxylic acids is 8. The molecule has 4 saturated heterocycles. The van der Waals surface area contributed by atoms with Crippen molar-refractivity contribution < 1.29 is 58.5 Å². The minimum absolute atomic E-state index is 0.0171. The van der Waals surface area contributed by atoms with Gasteiger partial charge in [-0.2, -0.15) is 12.6 Å². The molecular formula is C43H64N10O12S. The van der Waals surface area contributed by atoms with Gasteiger partial charge in [0.25, 0.3) is 0 Å². The number of hydrogen-bond donors (Lipinski definition) is 10. The van der Waals surface area contributed by atoms with Crippen LogP contribution in [0.3, 0.4) is 0 Å². The van der Waals surface area contributed by atoms with Gasteiger partial charge in [-0.25, -0.2) is 4.79 Å². The highest BCUT2D eigenvalue weighted by Gasteiger charge is 2.46. The van der Waals surface area contributed by atoms with Crippen molar-refractivity contribution >= 4 is 65.9 Å². The maximum absolute atomic E-state index is 14.2. The summed E-state index contributed by atoms with van der Waals surface area (Å²) in [5, 5.41) is 39.6. The standard InChI is InChI=1S/C43H64N10O12S/c44-16-2-1-7-27(45)36(57)47-28(21-25-12-14-26(55)15-13-25)37(58)46-22-35(56)50-17-4-9-32(50)41(62)52-19-5-10-33(52)42(63)51-18-3-8-31(51)39(60)48-29(23-54)38(59)49-30(24-66)40(61)53-20-6-11-34(53)43(64)65/h12-15,27-34,54-55,66H,1-11,16-24,44-45H2,(H,46,58)(H,47,57)(H,48,60)(H,49,59)(H,64,65)/t27-,28-,29-,30-,31-,32-,33-,34-/m0/s1. The number of thiol groups is 1. The van der Waals surface area contributed by atoms with Gasteiger partial charge >= 0.3 is 5.97 Å². The second-order valence-corrected chi connectivity index (χ2v) is 17.5. The van der Waals surface area contributed by atoms with Crippen LogP contribution < -0.4 is 32.7 Å². The summed E-state index contributed by atoms with van der Waals surface area (Å²) < 4.78 is 0. The lowest BCUT2D eigenvalue weighted by Crippen LogP contribution is -2.60. The van der Waals surface area contributed by atoms with Crippen LogP contribution in [-0.2, 0) is 49.6 Å². The number of carboxylic acid groups (broad SMARTS) is 1. The second kappa shape index (κ2) is 24.3. The molecule has 8 amide bonds. The minimum Gasteiger partial charge on any atom is -0.508 e. The number of carbonyl (C=O) groups is 9. The van der Waals surface area contributed by atoms with E-state index in [4.69, 9.17) is 11.5 Å². The van der Waals surface area contributed by atoms with Crippen molar-refractivity contribution in [1.82, 2.24) is 40.9 Å². The van der Waals surface area contributed by atoms with Crippen LogP contribution in [0.2, 0.25) is 0 Å². The van der Waals surface area contributed by atoms with Gasteiger partial charge < -0.3 is 67.7 Å². The van der Waals surface area contributed by atoms with Crippen molar-refractivity contribution in [3.05, 3.63) is 29.8 Å². The smallest absolute Gasteiger partial charge is 0.326 e. The summed E-state index contributed by atoms with van der Waals surface area (Å²) in [5.41, 5.74) is 12.3. The van der Waals surface area contributed by atoms with Crippen LogP contribution in [0.25, 0.3) is 0 Å². The number of likely N-dealkylation sites (tertiary alicyclic amines) is 4. The predicted molar refractivity (Wildman–Crippen MR) is 239 cm³/mol. The van der Waals surface area contributed by atoms with Crippen LogP contribution in [0.5, 0.6) is 5.75 Å². The van der Waals surface area contributed by atoms with Gasteiger partial charge in [0.05, 0.1) is 19.2 Å². The number of hydrogen-bond acceptors (Lipinski definition) is 14. The van der Waals surface area contributed by atoms with E-state index < -0.39 is 115 Å². The Hall–Kier alpha value is -5.52. The molecule has 0 saturated carbocycles. The lowest BCUT2D eigenvalue weighted by atomic mass is 10.0. The molecule has 0 bridgehead atoms. The molecule has 5 rings (SSSR count). The minimum atomic E-state index is -1.52. The summed E-state index contributed by atoms with van der Waals surface area (Å²) >= 11 is 4.16. The molecule has 22 nitrogen and oxygen atoms in total. The molecule has 66 heavy (non-hydrogen) atoms. The molecule has 1 aromatic carbocycles. The first-order valence-corrected chi connectivity index (χ1v) is 23.3. The molecule has 1 aromatic rings. The zero-order valence-electron chi connectivity index (χ0n) is 37.0. The van der Waals surface area contributed by atoms with Crippen molar-refractivity contribution in [2.24, 2.45) is 11.5 Å². The summed E-state index contributed by atoms with van der Waals surface area (Å²) in [5.74, 6) is -6.31. The Balaban J connectivity index is 1.18. The maximum atomic E-state index is 14.2. The molecule has 4 aliphatic rings. The molecule has 0 spiro atoms. The van der Waals surface area contributed by atoms with E-state index in [1.165, 1.54) is 26.8 Å². The fourth-order valence-electron chi connectivity index (χ4n) is 9.09. The number of carboxylic acids is 1. The van der Waals surface area contributed by atoms with Crippen LogP contribution in [-0.4, -0.2) is 188 Å². The van der Waals surface area contributed by atoms with Gasteiger partial charge in [0.15, 0.2) is 0 Å². The summed E-state index contributed by atoms with van der Waals surface area (Å²) in [6.07, 6.45) is 4.67. The Kier molecular flexibility index (Phi) is 19.0. The SMILES string of the molecule is NCCCC[C@H](N)C(=O)N[C@@H](Cc1ccc(O)cc1)C(=O)NCC(=O)N1CCC[C@H]1C(=O)N1CCC[C@H]1C(=O)N1CCC[C@H]1C(=O)N[C@@H](CO)C(=O)N[C@@H](CS)C(=O)N1CCC[C@H]1C(=O)O. The first-order chi connectivity index (χ1) is 31.6. The van der Waals surface area contributed by atoms with Crippen LogP contribution in [0.4, 0.5) is 0 Å². The summed E-state index contributed by atoms with van der Waals surface area (Å²) in [6, 6.07) is -2.63. The van der Waals surface area contributed by atoms with Crippen molar-refractivity contribution in [2.45, 2.75) is 125 Å². The third kappa shape index (κ3) is 12.9. The van der Waals surface area contributed by atoms with Gasteiger partial charge in [-0.05, 0) is 88.4 Å². The number of phenols is 1. The molecule has 0 aromatic heterocycles. The average molecular weight is 945 g/mol. The van der Waals surface area contributed by atoms with Crippen molar-refractivity contribution in [3.8, 4) is 5.75 Å². The molecule has 11 N–H and O–H groups in total. The number of rotatable bonds is 21. The van der Waals surface area contributed by atoms with E-state index in [0.29, 0.717) is 69.9 Å². The van der Waals surface area contributed by atoms with Crippen LogP contribution in [0, 0.1) is 0 Å². The van der Waals surface area contributed by atoms with Crippen molar-refractivity contribution in [1.29, 1.82) is 0 Å². The number of amides is 8. The third-order valence-corrected chi connectivity index (χ3v) is 13.0. The molecule has 0 radical (unpaired) electrons. The largest absolute Gasteiger partial charge is 0.508 e. The molecule has 0 unspecified atom stereocenters. The highest BCUT2D eigenvalue weighted by Crippen LogP contribution is 2.29. The number of nitrogens with two attached hydrogens (primary N) is 2. The van der Waals surface area contributed by atoms with E-state index in [9.17, 15) is 58.5 Å². The van der Waals surface area contributed by atoms with E-state index in [1.54, 1.807) is 12.1 Å². The Morgan fingerprint density at radius 3 is 1.82 bits per heavy atom. The van der Waals surface area contributed by atoms with Gasteiger partial charge in [0.1, 0.15) is 48.0 Å². The summed E-state index contributed by atoms with van der Waals surface area (Å²) in [7, 11) is 0. The van der Waals surface area contributed by atoms with E-state index >= 15 is 0 Å². The molecule has 4 fully saturated rings. The van der Waals surface area contributed by atoms with Crippen LogP contribution in [0.1, 0.15) is 76.2 Å². The fourth-order valence-corrected chi connectivity index (χ4v) is 9.33. The lowest BCUT2D eigenvalue weighted by molar-refractivity contribution is -0.150. The molecular weight excluding hydrogens is 881 g/mol. The fraction of sp³-hybridized carbons (Fsp3) is 0.651. The first kappa shape index (κ1) is 51.5. The quantitative estimate of drug-likeness (QED) is 0.0432. The van der Waals surface area contributed by atoms with E-state index in [-0.39, 0.29) is 56.9 Å². The molecule has 4 aliphatic heterocycles. The second-order valence-electron chi connectivity index (χ2n) is 17.2. The van der Waals surface area contributed by atoms with E-state index in [2.05, 4.69) is 33.9 Å². The maximum Gasteiger partial charge on any atom is 0.326 e. The number of nitrogens with one attached hydrogen (secondary N) is 4. The Labute approximate surface area is 388 Å². The molecule has 4 heterocycles. The monoisotopic (exact) mass is 944 g/mol. The van der Waals surface area contributed by atoms with Crippen LogP contribution >= 0.6 is 12.6 Å². The highest BCUT2D eigenvalue weighted by molar-refractivity contribution is 7.80. The molecule has 23 heteroatoms. The van der Waals surface area contributed by atoms with Crippen LogP contribution in [0.15, 0.2) is 24.3 Å². The van der Waals surface area contributed by atoms with Crippen molar-refractivity contribution in [2.75, 3.05) is 51.6 Å². The predicted octanol–water partition coefficient (Wildman–Crippen LogP) is -3.07. The van der Waals surface area contributed by atoms with Crippen molar-refractivity contribution in [3.63, 3.8) is 0 Å². The number of unbranched alkanes of at least 4 members (excludes halogenated alkanes) is 1. The van der Waals surface area contributed by atoms with E-state index in [0.717, 1.165) is 4.90 Å². The van der Waals surface area contributed by atoms with Gasteiger partial charge in [-0.15, -0.1) is 0 Å². The number of phenolic OH excluding ortho intramolecular Hbond substituents is 1. The average Bonchev–Trinajstić information content (AvgIpc) is 4.16. The summed E-state index contributed by atoms with van der Waals surface area (Å²) in [4.78, 5) is 126.